The molecule has 0 saturated carbocycles. The number of allylic oxidation sites excluding steroid dienone is 1. The Morgan fingerprint density at radius 3 is 2.86 bits per heavy atom. The molecule has 0 aliphatic rings. The zero-order valence-corrected chi connectivity index (χ0v) is 14.0. The molecule has 0 bridgehead atoms. The van der Waals surface area contributed by atoms with Gasteiger partial charge in [-0.25, -0.2) is 0 Å². The second-order valence-corrected chi connectivity index (χ2v) is 5.53. The molecule has 0 fully saturated rings. The predicted octanol–water partition coefficient (Wildman–Crippen LogP) is 2.38. The third-order valence-corrected chi connectivity index (χ3v) is 3.34. The van der Waals surface area contributed by atoms with Gasteiger partial charge >= 0.3 is 0 Å². The highest BCUT2D eigenvalue weighted by molar-refractivity contribution is 5.21. The highest BCUT2D eigenvalue weighted by Gasteiger charge is 2.10. The van der Waals surface area contributed by atoms with Crippen molar-refractivity contribution in [1.29, 1.82) is 0 Å². The maximum atomic E-state index is 9.16. The Bertz CT molecular complexity index is 542. The number of hydrogen-bond acceptors (Lipinski definition) is 4. The van der Waals surface area contributed by atoms with Crippen LogP contribution in [0.3, 0.4) is 0 Å². The molecule has 0 aromatic carbocycles. The SMILES string of the molecule is CCN(CC=CC#CC(C)(C)OC)Cc1cc(CO)ccn1. The van der Waals surface area contributed by atoms with Crippen molar-refractivity contribution in [2.75, 3.05) is 20.2 Å². The molecular weight excluding hydrogens is 276 g/mol. The number of ether oxygens (including phenoxy) is 1. The molecule has 1 aromatic rings. The van der Waals surface area contributed by atoms with E-state index in [2.05, 4.69) is 28.6 Å². The normalized spacial score (nSPS) is 11.7. The lowest BCUT2D eigenvalue weighted by Gasteiger charge is -2.18. The summed E-state index contributed by atoms with van der Waals surface area (Å²) in [5.74, 6) is 6.05. The zero-order valence-electron chi connectivity index (χ0n) is 14.0. The van der Waals surface area contributed by atoms with Crippen molar-refractivity contribution in [3.8, 4) is 11.8 Å². The third-order valence-electron chi connectivity index (χ3n) is 3.34. The van der Waals surface area contributed by atoms with Crippen LogP contribution in [0, 0.1) is 11.8 Å². The van der Waals surface area contributed by atoms with Gasteiger partial charge in [-0.15, -0.1) is 0 Å². The zero-order chi connectivity index (χ0) is 16.4. The molecule has 0 aliphatic carbocycles. The summed E-state index contributed by atoms with van der Waals surface area (Å²) in [4.78, 5) is 6.59. The van der Waals surface area contributed by atoms with Crippen LogP contribution in [0.25, 0.3) is 0 Å². The first-order valence-electron chi connectivity index (χ1n) is 7.50. The predicted molar refractivity (Wildman–Crippen MR) is 89.1 cm³/mol. The molecule has 1 rings (SSSR count). The van der Waals surface area contributed by atoms with E-state index in [9.17, 15) is 0 Å². The lowest BCUT2D eigenvalue weighted by molar-refractivity contribution is 0.0742. The van der Waals surface area contributed by atoms with Gasteiger partial charge in [-0.05, 0) is 44.2 Å². The molecule has 0 amide bonds. The van der Waals surface area contributed by atoms with Crippen LogP contribution in [0.1, 0.15) is 32.0 Å². The number of rotatable bonds is 7. The van der Waals surface area contributed by atoms with Crippen LogP contribution in [0.15, 0.2) is 30.5 Å². The summed E-state index contributed by atoms with van der Waals surface area (Å²) < 4.78 is 5.24. The Balaban J connectivity index is 2.55. The molecule has 1 aromatic heterocycles. The second kappa shape index (κ2) is 9.37. The average Bonchev–Trinajstić information content (AvgIpc) is 2.53. The van der Waals surface area contributed by atoms with Crippen LogP contribution >= 0.6 is 0 Å². The fourth-order valence-electron chi connectivity index (χ4n) is 1.77. The first kappa shape index (κ1) is 18.4. The van der Waals surface area contributed by atoms with Crippen LogP contribution < -0.4 is 0 Å². The fraction of sp³-hybridized carbons (Fsp3) is 0.500. The van der Waals surface area contributed by atoms with E-state index in [1.807, 2.05) is 38.1 Å². The van der Waals surface area contributed by atoms with Gasteiger partial charge in [0.2, 0.25) is 0 Å². The van der Waals surface area contributed by atoms with Crippen LogP contribution in [0.5, 0.6) is 0 Å². The Hall–Kier alpha value is -1.67. The fourth-order valence-corrected chi connectivity index (χ4v) is 1.77. The van der Waals surface area contributed by atoms with E-state index in [1.165, 1.54) is 0 Å². The Morgan fingerprint density at radius 2 is 2.23 bits per heavy atom. The minimum absolute atomic E-state index is 0.0480. The summed E-state index contributed by atoms with van der Waals surface area (Å²) in [5.41, 5.74) is 1.45. The number of nitrogens with zero attached hydrogens (tertiary/aromatic N) is 2. The van der Waals surface area contributed by atoms with Gasteiger partial charge in [0.15, 0.2) is 0 Å². The lowest BCUT2D eigenvalue weighted by atomic mass is 10.1. The van der Waals surface area contributed by atoms with E-state index in [-0.39, 0.29) is 6.61 Å². The number of aliphatic hydroxyl groups excluding tert-OH is 1. The molecule has 22 heavy (non-hydrogen) atoms. The monoisotopic (exact) mass is 302 g/mol. The molecule has 4 heteroatoms. The Morgan fingerprint density at radius 1 is 1.45 bits per heavy atom. The maximum Gasteiger partial charge on any atom is 0.123 e. The molecule has 1 N–H and O–H groups in total. The number of aliphatic hydroxyl groups is 1. The Labute approximate surface area is 133 Å². The number of hydrogen-bond donors (Lipinski definition) is 1. The summed E-state index contributed by atoms with van der Waals surface area (Å²) in [6, 6.07) is 3.76. The van der Waals surface area contributed by atoms with Crippen molar-refractivity contribution in [2.24, 2.45) is 0 Å². The van der Waals surface area contributed by atoms with Gasteiger partial charge in [0.25, 0.3) is 0 Å². The average molecular weight is 302 g/mol. The number of likely N-dealkylation sites (N-methyl/N-ethyl adjacent to an activating group) is 1. The van der Waals surface area contributed by atoms with Gasteiger partial charge in [-0.2, -0.15) is 0 Å². The van der Waals surface area contributed by atoms with E-state index in [0.29, 0.717) is 0 Å². The topological polar surface area (TPSA) is 45.6 Å². The maximum absolute atomic E-state index is 9.16. The highest BCUT2D eigenvalue weighted by atomic mass is 16.5. The molecular formula is C18H26N2O2. The molecule has 120 valence electrons. The van der Waals surface area contributed by atoms with E-state index >= 15 is 0 Å². The molecule has 4 nitrogen and oxygen atoms in total. The molecule has 0 atom stereocenters. The smallest absolute Gasteiger partial charge is 0.123 e. The van der Waals surface area contributed by atoms with Gasteiger partial charge in [0, 0.05) is 26.4 Å². The standard InChI is InChI=1S/C18H26N2O2/c1-5-20(12-8-6-7-10-18(2,3)22-4)14-17-13-16(15-21)9-11-19-17/h6,8-9,11,13,21H,5,12,14-15H2,1-4H3. The molecule has 1 heterocycles. The lowest BCUT2D eigenvalue weighted by Crippen LogP contribution is -2.23. The van der Waals surface area contributed by atoms with Crippen LogP contribution in [-0.2, 0) is 17.9 Å². The van der Waals surface area contributed by atoms with Crippen molar-refractivity contribution in [2.45, 2.75) is 39.5 Å². The van der Waals surface area contributed by atoms with Crippen molar-refractivity contribution in [3.05, 3.63) is 41.7 Å². The summed E-state index contributed by atoms with van der Waals surface area (Å²) in [5, 5.41) is 9.16. The van der Waals surface area contributed by atoms with Gasteiger partial charge in [0.1, 0.15) is 5.60 Å². The molecule has 0 unspecified atom stereocenters. The van der Waals surface area contributed by atoms with E-state index in [1.54, 1.807) is 13.3 Å². The first-order valence-corrected chi connectivity index (χ1v) is 7.50. The second-order valence-electron chi connectivity index (χ2n) is 5.53. The van der Waals surface area contributed by atoms with Gasteiger partial charge < -0.3 is 9.84 Å². The summed E-state index contributed by atoms with van der Waals surface area (Å²) in [7, 11) is 1.66. The minimum atomic E-state index is -0.413. The summed E-state index contributed by atoms with van der Waals surface area (Å²) in [6.45, 7) is 8.52. The minimum Gasteiger partial charge on any atom is -0.392 e. The quantitative estimate of drug-likeness (QED) is 0.786. The van der Waals surface area contributed by atoms with Crippen LogP contribution in [0.2, 0.25) is 0 Å². The summed E-state index contributed by atoms with van der Waals surface area (Å²) >= 11 is 0. The van der Waals surface area contributed by atoms with E-state index in [4.69, 9.17) is 9.84 Å². The van der Waals surface area contributed by atoms with Crippen LogP contribution in [0.4, 0.5) is 0 Å². The largest absolute Gasteiger partial charge is 0.392 e. The van der Waals surface area contributed by atoms with E-state index < -0.39 is 5.60 Å². The number of methoxy groups -OCH3 is 1. The number of aromatic nitrogens is 1. The molecule has 0 spiro atoms. The Kier molecular flexibility index (Phi) is 7.83. The van der Waals surface area contributed by atoms with Crippen molar-refractivity contribution in [3.63, 3.8) is 0 Å². The third kappa shape index (κ3) is 6.86. The van der Waals surface area contributed by atoms with Crippen molar-refractivity contribution < 1.29 is 9.84 Å². The van der Waals surface area contributed by atoms with Crippen molar-refractivity contribution in [1.82, 2.24) is 9.88 Å². The van der Waals surface area contributed by atoms with Crippen LogP contribution in [-0.4, -0.2) is 40.8 Å². The van der Waals surface area contributed by atoms with Gasteiger partial charge in [-0.3, -0.25) is 9.88 Å². The van der Waals surface area contributed by atoms with E-state index in [0.717, 1.165) is 30.9 Å². The molecule has 0 radical (unpaired) electrons. The number of pyridine rings is 1. The first-order chi connectivity index (χ1) is 10.5. The van der Waals surface area contributed by atoms with Gasteiger partial charge in [-0.1, -0.05) is 24.8 Å². The molecule has 0 saturated heterocycles. The van der Waals surface area contributed by atoms with Crippen molar-refractivity contribution >= 4 is 0 Å². The summed E-state index contributed by atoms with van der Waals surface area (Å²) in [6.07, 6.45) is 5.64. The van der Waals surface area contributed by atoms with Gasteiger partial charge in [0.05, 0.1) is 12.3 Å². The highest BCUT2D eigenvalue weighted by Crippen LogP contribution is 2.06. The molecule has 0 aliphatic heterocycles.